The second-order valence-electron chi connectivity index (χ2n) is 5.30. The van der Waals surface area contributed by atoms with Gasteiger partial charge in [-0.1, -0.05) is 29.3 Å². The molecule has 0 spiro atoms. The molecule has 0 saturated heterocycles. The maximum atomic E-state index is 12.1. The molecule has 5 heteroatoms. The standard InChI is InChI=1S/C18H17BrN2O2/c1-2-3-10-23-14-7-5-13(6-8-14)20-17-15-11-12(19)4-9-16(15)21-18(17)22/h4-9,11H,2-3,10H2,1H3,(H,20,21,22). The van der Waals surface area contributed by atoms with Crippen LogP contribution in [0, 0.1) is 0 Å². The van der Waals surface area contributed by atoms with Crippen LogP contribution in [0.4, 0.5) is 11.4 Å². The monoisotopic (exact) mass is 372 g/mol. The maximum Gasteiger partial charge on any atom is 0.275 e. The molecule has 0 unspecified atom stereocenters. The average Bonchev–Trinajstić information content (AvgIpc) is 2.85. The van der Waals surface area contributed by atoms with Crippen molar-refractivity contribution in [2.75, 3.05) is 11.9 Å². The Bertz CT molecular complexity index is 754. The molecule has 1 N–H and O–H groups in total. The van der Waals surface area contributed by atoms with Crippen molar-refractivity contribution in [3.05, 3.63) is 52.5 Å². The number of fused-ring (bicyclic) bond motifs is 1. The molecule has 23 heavy (non-hydrogen) atoms. The normalized spacial score (nSPS) is 14.7. The number of rotatable bonds is 5. The average molecular weight is 373 g/mol. The SMILES string of the molecule is CCCCOc1ccc(N=C2C(=O)Nc3ccc(Br)cc32)cc1. The first-order valence-electron chi connectivity index (χ1n) is 7.60. The second-order valence-corrected chi connectivity index (χ2v) is 6.22. The molecule has 1 amide bonds. The first-order valence-corrected chi connectivity index (χ1v) is 8.39. The molecule has 0 atom stereocenters. The van der Waals surface area contributed by atoms with Gasteiger partial charge in [-0.05, 0) is 48.9 Å². The number of carbonyl (C=O) groups excluding carboxylic acids is 1. The zero-order valence-electron chi connectivity index (χ0n) is 12.8. The molecule has 2 aromatic rings. The van der Waals surface area contributed by atoms with E-state index in [1.807, 2.05) is 42.5 Å². The number of nitrogens with zero attached hydrogens (tertiary/aromatic N) is 1. The summed E-state index contributed by atoms with van der Waals surface area (Å²) in [5.41, 5.74) is 2.76. The van der Waals surface area contributed by atoms with Gasteiger partial charge in [0.1, 0.15) is 11.5 Å². The third-order valence-electron chi connectivity index (χ3n) is 3.54. The Morgan fingerprint density at radius 2 is 1.96 bits per heavy atom. The van der Waals surface area contributed by atoms with Gasteiger partial charge in [-0.2, -0.15) is 0 Å². The summed E-state index contributed by atoms with van der Waals surface area (Å²) in [7, 11) is 0. The molecule has 4 nitrogen and oxygen atoms in total. The Kier molecular flexibility index (Phi) is 4.76. The van der Waals surface area contributed by atoms with E-state index in [2.05, 4.69) is 33.2 Å². The van der Waals surface area contributed by atoms with Gasteiger partial charge in [0.25, 0.3) is 5.91 Å². The lowest BCUT2D eigenvalue weighted by Gasteiger charge is -2.05. The number of anilines is 1. The largest absolute Gasteiger partial charge is 0.494 e. The van der Waals surface area contributed by atoms with Crippen LogP contribution >= 0.6 is 15.9 Å². The Balaban J connectivity index is 1.82. The van der Waals surface area contributed by atoms with E-state index in [1.165, 1.54) is 0 Å². The molecule has 0 radical (unpaired) electrons. The highest BCUT2D eigenvalue weighted by Gasteiger charge is 2.25. The molecule has 1 aliphatic heterocycles. The van der Waals surface area contributed by atoms with Crippen LogP contribution in [0.25, 0.3) is 0 Å². The van der Waals surface area contributed by atoms with Gasteiger partial charge in [-0.3, -0.25) is 4.79 Å². The number of hydrogen-bond acceptors (Lipinski definition) is 3. The number of benzene rings is 2. The maximum absolute atomic E-state index is 12.1. The molecule has 1 aliphatic rings. The van der Waals surface area contributed by atoms with Gasteiger partial charge in [0.15, 0.2) is 0 Å². The van der Waals surface area contributed by atoms with Gasteiger partial charge in [0.05, 0.1) is 18.0 Å². The lowest BCUT2D eigenvalue weighted by atomic mass is 10.1. The van der Waals surface area contributed by atoms with Crippen molar-refractivity contribution < 1.29 is 9.53 Å². The number of nitrogens with one attached hydrogen (secondary N) is 1. The van der Waals surface area contributed by atoms with Crippen LogP contribution in [0.2, 0.25) is 0 Å². The van der Waals surface area contributed by atoms with Gasteiger partial charge in [-0.15, -0.1) is 0 Å². The summed E-state index contributed by atoms with van der Waals surface area (Å²) in [6.45, 7) is 2.85. The number of ether oxygens (including phenoxy) is 1. The number of carbonyl (C=O) groups is 1. The minimum absolute atomic E-state index is 0.179. The fourth-order valence-corrected chi connectivity index (χ4v) is 2.68. The summed E-state index contributed by atoms with van der Waals surface area (Å²) < 4.78 is 6.55. The predicted molar refractivity (Wildman–Crippen MR) is 95.8 cm³/mol. The summed E-state index contributed by atoms with van der Waals surface area (Å²) in [6, 6.07) is 13.1. The number of hydrogen-bond donors (Lipinski definition) is 1. The van der Waals surface area contributed by atoms with Crippen molar-refractivity contribution in [2.45, 2.75) is 19.8 Å². The lowest BCUT2D eigenvalue weighted by Crippen LogP contribution is -2.13. The quantitative estimate of drug-likeness (QED) is 0.773. The van der Waals surface area contributed by atoms with E-state index in [-0.39, 0.29) is 5.91 Å². The van der Waals surface area contributed by atoms with E-state index in [0.29, 0.717) is 12.3 Å². The van der Waals surface area contributed by atoms with E-state index in [9.17, 15) is 4.79 Å². The van der Waals surface area contributed by atoms with Crippen molar-refractivity contribution in [1.82, 2.24) is 0 Å². The predicted octanol–water partition coefficient (Wildman–Crippen LogP) is 4.70. The second kappa shape index (κ2) is 6.96. The fourth-order valence-electron chi connectivity index (χ4n) is 2.32. The Labute approximate surface area is 143 Å². The molecule has 0 aliphatic carbocycles. The summed E-state index contributed by atoms with van der Waals surface area (Å²) in [5, 5.41) is 2.83. The Hall–Kier alpha value is -2.14. The molecule has 0 bridgehead atoms. The van der Waals surface area contributed by atoms with Crippen LogP contribution in [-0.4, -0.2) is 18.2 Å². The van der Waals surface area contributed by atoms with Gasteiger partial charge in [0, 0.05) is 10.0 Å². The summed E-state index contributed by atoms with van der Waals surface area (Å²) in [5.74, 6) is 0.641. The highest BCUT2D eigenvalue weighted by atomic mass is 79.9. The number of aliphatic imine (C=N–C) groups is 1. The van der Waals surface area contributed by atoms with Crippen molar-refractivity contribution >= 4 is 38.9 Å². The molecule has 0 fully saturated rings. The van der Waals surface area contributed by atoms with Crippen molar-refractivity contribution in [3.8, 4) is 5.75 Å². The van der Waals surface area contributed by atoms with Crippen LogP contribution in [0.3, 0.4) is 0 Å². The van der Waals surface area contributed by atoms with Crippen molar-refractivity contribution in [1.29, 1.82) is 0 Å². The van der Waals surface area contributed by atoms with Gasteiger partial charge in [0.2, 0.25) is 0 Å². The molecule has 2 aromatic carbocycles. The van der Waals surface area contributed by atoms with Crippen LogP contribution in [0.5, 0.6) is 5.75 Å². The van der Waals surface area contributed by atoms with Crippen LogP contribution in [0.15, 0.2) is 51.9 Å². The van der Waals surface area contributed by atoms with E-state index >= 15 is 0 Å². The van der Waals surface area contributed by atoms with Crippen molar-refractivity contribution in [3.63, 3.8) is 0 Å². The first-order chi connectivity index (χ1) is 11.2. The van der Waals surface area contributed by atoms with E-state index in [1.54, 1.807) is 0 Å². The minimum atomic E-state index is -0.179. The summed E-state index contributed by atoms with van der Waals surface area (Å²) in [4.78, 5) is 16.6. The Morgan fingerprint density at radius 1 is 1.17 bits per heavy atom. The smallest absolute Gasteiger partial charge is 0.275 e. The minimum Gasteiger partial charge on any atom is -0.494 e. The van der Waals surface area contributed by atoms with Gasteiger partial charge < -0.3 is 10.1 Å². The molecule has 0 aromatic heterocycles. The zero-order valence-corrected chi connectivity index (χ0v) is 14.4. The van der Waals surface area contributed by atoms with Crippen molar-refractivity contribution in [2.24, 2.45) is 4.99 Å². The number of halogens is 1. The van der Waals surface area contributed by atoms with E-state index in [4.69, 9.17) is 4.74 Å². The number of amides is 1. The highest BCUT2D eigenvalue weighted by Crippen LogP contribution is 2.29. The first kappa shape index (κ1) is 15.7. The number of unbranched alkanes of at least 4 members (excludes halogenated alkanes) is 1. The highest BCUT2D eigenvalue weighted by molar-refractivity contribution is 9.10. The Morgan fingerprint density at radius 3 is 2.70 bits per heavy atom. The van der Waals surface area contributed by atoms with E-state index in [0.717, 1.165) is 40.0 Å². The topological polar surface area (TPSA) is 50.7 Å². The third-order valence-corrected chi connectivity index (χ3v) is 4.04. The summed E-state index contributed by atoms with van der Waals surface area (Å²) in [6.07, 6.45) is 2.14. The van der Waals surface area contributed by atoms with Crippen LogP contribution in [0.1, 0.15) is 25.3 Å². The van der Waals surface area contributed by atoms with Gasteiger partial charge in [-0.25, -0.2) is 4.99 Å². The molecule has 0 saturated carbocycles. The lowest BCUT2D eigenvalue weighted by molar-refractivity contribution is -0.110. The molecular formula is C18H17BrN2O2. The zero-order chi connectivity index (χ0) is 16.2. The van der Waals surface area contributed by atoms with Gasteiger partial charge >= 0.3 is 0 Å². The van der Waals surface area contributed by atoms with Crippen LogP contribution < -0.4 is 10.1 Å². The third kappa shape index (κ3) is 3.62. The molecule has 118 valence electrons. The van der Waals surface area contributed by atoms with E-state index < -0.39 is 0 Å². The van der Waals surface area contributed by atoms with Crippen LogP contribution in [-0.2, 0) is 4.79 Å². The fraction of sp³-hybridized carbons (Fsp3) is 0.222. The molecule has 1 heterocycles. The molecule has 3 rings (SSSR count). The molecular weight excluding hydrogens is 356 g/mol. The summed E-state index contributed by atoms with van der Waals surface area (Å²) >= 11 is 3.43.